The number of hydrogen-bond donors (Lipinski definition) is 2. The second-order valence-corrected chi connectivity index (χ2v) is 5.04. The van der Waals surface area contributed by atoms with E-state index in [0.717, 1.165) is 5.56 Å². The average Bonchev–Trinajstić information content (AvgIpc) is 2.14. The number of carbonyl (C=O) groups is 1. The highest BCUT2D eigenvalue weighted by Gasteiger charge is 2.18. The van der Waals surface area contributed by atoms with Gasteiger partial charge >= 0.3 is 6.09 Å². The maximum absolute atomic E-state index is 11.6. The molecule has 0 radical (unpaired) electrons. The Morgan fingerprint density at radius 3 is 2.59 bits per heavy atom. The molecule has 0 spiro atoms. The molecule has 3 N–H and O–H groups in total. The van der Waals surface area contributed by atoms with Crippen molar-refractivity contribution in [3.05, 3.63) is 29.8 Å². The number of nitrogens with two attached hydrogens (primary N) is 1. The van der Waals surface area contributed by atoms with Crippen LogP contribution >= 0.6 is 0 Å². The first kappa shape index (κ1) is 13.4. The first-order chi connectivity index (χ1) is 7.78. The zero-order chi connectivity index (χ0) is 13.1. The van der Waals surface area contributed by atoms with Crippen LogP contribution in [0.25, 0.3) is 0 Å². The van der Waals surface area contributed by atoms with Crippen LogP contribution < -0.4 is 11.1 Å². The summed E-state index contributed by atoms with van der Waals surface area (Å²) in [6.45, 7) is 7.38. The number of carbonyl (C=O) groups excluding carboxylic acids is 1. The van der Waals surface area contributed by atoms with E-state index in [1.165, 1.54) is 0 Å². The van der Waals surface area contributed by atoms with E-state index in [4.69, 9.17) is 10.5 Å². The summed E-state index contributed by atoms with van der Waals surface area (Å²) < 4.78 is 5.18. The Bertz CT molecular complexity index is 397. The van der Waals surface area contributed by atoms with Gasteiger partial charge in [-0.15, -0.1) is 0 Å². The fraction of sp³-hybridized carbons (Fsp3) is 0.462. The Kier molecular flexibility index (Phi) is 3.99. The summed E-state index contributed by atoms with van der Waals surface area (Å²) in [7, 11) is 0. The van der Waals surface area contributed by atoms with Crippen molar-refractivity contribution in [3.8, 4) is 0 Å². The number of nitrogens with one attached hydrogen (secondary N) is 1. The lowest BCUT2D eigenvalue weighted by Gasteiger charge is -2.22. The summed E-state index contributed by atoms with van der Waals surface area (Å²) in [5, 5.41) is 2.76. The number of anilines is 1. The fourth-order valence-electron chi connectivity index (χ4n) is 1.40. The van der Waals surface area contributed by atoms with Crippen LogP contribution in [0.4, 0.5) is 10.5 Å². The lowest BCUT2D eigenvalue weighted by molar-refractivity contribution is 0.0508. The fourth-order valence-corrected chi connectivity index (χ4v) is 1.40. The van der Waals surface area contributed by atoms with E-state index in [9.17, 15) is 4.79 Å². The van der Waals surface area contributed by atoms with Gasteiger partial charge in [-0.25, -0.2) is 4.79 Å². The van der Waals surface area contributed by atoms with Gasteiger partial charge in [0.2, 0.25) is 0 Å². The minimum Gasteiger partial charge on any atom is -0.444 e. The van der Waals surface area contributed by atoms with Gasteiger partial charge in [0.05, 0.1) is 6.04 Å². The molecule has 4 heteroatoms. The van der Waals surface area contributed by atoms with Crippen molar-refractivity contribution in [3.63, 3.8) is 0 Å². The molecule has 0 aliphatic carbocycles. The molecule has 0 unspecified atom stereocenters. The Hall–Kier alpha value is -1.71. The average molecular weight is 236 g/mol. The van der Waals surface area contributed by atoms with Crippen LogP contribution in [-0.4, -0.2) is 11.7 Å². The van der Waals surface area contributed by atoms with Crippen LogP contribution in [0.3, 0.4) is 0 Å². The van der Waals surface area contributed by atoms with Crippen molar-refractivity contribution >= 4 is 11.8 Å². The van der Waals surface area contributed by atoms with Gasteiger partial charge in [0.25, 0.3) is 0 Å². The molecule has 1 amide bonds. The number of alkyl carbamates (subject to hydrolysis) is 1. The highest BCUT2D eigenvalue weighted by Crippen LogP contribution is 2.16. The molecule has 94 valence electrons. The van der Waals surface area contributed by atoms with Gasteiger partial charge in [-0.05, 0) is 45.4 Å². The SMILES string of the molecule is C[C@@H](NC(=O)OC(C)(C)C)c1cccc(N)c1. The van der Waals surface area contributed by atoms with Crippen molar-refractivity contribution in [1.82, 2.24) is 5.32 Å². The van der Waals surface area contributed by atoms with Crippen LogP contribution in [0.5, 0.6) is 0 Å². The Labute approximate surface area is 102 Å². The normalized spacial score (nSPS) is 12.9. The largest absolute Gasteiger partial charge is 0.444 e. The molecule has 0 aromatic heterocycles. The smallest absolute Gasteiger partial charge is 0.408 e. The Morgan fingerprint density at radius 1 is 1.41 bits per heavy atom. The summed E-state index contributed by atoms with van der Waals surface area (Å²) in [6, 6.07) is 7.29. The molecule has 0 aliphatic rings. The Morgan fingerprint density at radius 2 is 2.06 bits per heavy atom. The van der Waals surface area contributed by atoms with Gasteiger partial charge in [-0.2, -0.15) is 0 Å². The monoisotopic (exact) mass is 236 g/mol. The van der Waals surface area contributed by atoms with E-state index < -0.39 is 11.7 Å². The molecule has 0 fully saturated rings. The lowest BCUT2D eigenvalue weighted by atomic mass is 10.1. The van der Waals surface area contributed by atoms with Gasteiger partial charge in [0.1, 0.15) is 5.60 Å². The third-order valence-electron chi connectivity index (χ3n) is 2.14. The van der Waals surface area contributed by atoms with Crippen molar-refractivity contribution in [1.29, 1.82) is 0 Å². The summed E-state index contributed by atoms with van der Waals surface area (Å²) in [4.78, 5) is 11.6. The van der Waals surface area contributed by atoms with E-state index in [1.807, 2.05) is 52.0 Å². The molecule has 0 heterocycles. The minimum atomic E-state index is -0.487. The van der Waals surface area contributed by atoms with Crippen molar-refractivity contribution < 1.29 is 9.53 Å². The predicted octanol–water partition coefficient (Wildman–Crippen LogP) is 2.85. The predicted molar refractivity (Wildman–Crippen MR) is 68.6 cm³/mol. The van der Waals surface area contributed by atoms with Gasteiger partial charge in [0.15, 0.2) is 0 Å². The van der Waals surface area contributed by atoms with Crippen LogP contribution in [0.1, 0.15) is 39.3 Å². The molecule has 1 atom stereocenters. The van der Waals surface area contributed by atoms with E-state index >= 15 is 0 Å². The zero-order valence-electron chi connectivity index (χ0n) is 10.8. The van der Waals surface area contributed by atoms with Crippen LogP contribution in [0, 0.1) is 0 Å². The van der Waals surface area contributed by atoms with E-state index in [2.05, 4.69) is 5.32 Å². The van der Waals surface area contributed by atoms with Crippen molar-refractivity contribution in [2.24, 2.45) is 0 Å². The summed E-state index contributed by atoms with van der Waals surface area (Å²) in [6.07, 6.45) is -0.424. The standard InChI is InChI=1S/C13H20N2O2/c1-9(10-6-5-7-11(14)8-10)15-12(16)17-13(2,3)4/h5-9H,14H2,1-4H3,(H,15,16)/t9-/m1/s1. The first-order valence-corrected chi connectivity index (χ1v) is 5.63. The third kappa shape index (κ3) is 4.76. The maximum Gasteiger partial charge on any atom is 0.408 e. The number of nitrogen functional groups attached to an aromatic ring is 1. The number of rotatable bonds is 2. The molecule has 17 heavy (non-hydrogen) atoms. The Balaban J connectivity index is 2.61. The summed E-state index contributed by atoms with van der Waals surface area (Å²) in [5.41, 5.74) is 6.83. The first-order valence-electron chi connectivity index (χ1n) is 5.63. The van der Waals surface area contributed by atoms with Crippen LogP contribution in [0.2, 0.25) is 0 Å². The topological polar surface area (TPSA) is 64.3 Å². The number of hydrogen-bond acceptors (Lipinski definition) is 3. The summed E-state index contributed by atoms with van der Waals surface area (Å²) >= 11 is 0. The highest BCUT2D eigenvalue weighted by molar-refractivity contribution is 5.68. The lowest BCUT2D eigenvalue weighted by Crippen LogP contribution is -2.34. The molecule has 4 nitrogen and oxygen atoms in total. The molecule has 1 aromatic rings. The third-order valence-corrected chi connectivity index (χ3v) is 2.14. The second-order valence-electron chi connectivity index (χ2n) is 5.04. The maximum atomic E-state index is 11.6. The molecular formula is C13H20N2O2. The molecule has 0 saturated carbocycles. The molecule has 1 rings (SSSR count). The highest BCUT2D eigenvalue weighted by atomic mass is 16.6. The number of benzene rings is 1. The van der Waals surface area contributed by atoms with Gasteiger partial charge in [-0.3, -0.25) is 0 Å². The number of amides is 1. The van der Waals surface area contributed by atoms with Crippen molar-refractivity contribution in [2.75, 3.05) is 5.73 Å². The quantitative estimate of drug-likeness (QED) is 0.776. The van der Waals surface area contributed by atoms with Crippen LogP contribution in [0.15, 0.2) is 24.3 Å². The van der Waals surface area contributed by atoms with Crippen molar-refractivity contribution in [2.45, 2.75) is 39.3 Å². The van der Waals surface area contributed by atoms with Gasteiger partial charge in [-0.1, -0.05) is 12.1 Å². The molecule has 1 aromatic carbocycles. The summed E-state index contributed by atoms with van der Waals surface area (Å²) in [5.74, 6) is 0. The van der Waals surface area contributed by atoms with Gasteiger partial charge < -0.3 is 15.8 Å². The second kappa shape index (κ2) is 5.08. The van der Waals surface area contributed by atoms with Crippen LogP contribution in [-0.2, 0) is 4.74 Å². The van der Waals surface area contributed by atoms with E-state index in [-0.39, 0.29) is 6.04 Å². The molecule has 0 bridgehead atoms. The number of ether oxygens (including phenoxy) is 1. The zero-order valence-corrected chi connectivity index (χ0v) is 10.8. The minimum absolute atomic E-state index is 0.131. The molecular weight excluding hydrogens is 216 g/mol. The molecule has 0 aliphatic heterocycles. The van der Waals surface area contributed by atoms with E-state index in [1.54, 1.807) is 0 Å². The van der Waals surface area contributed by atoms with E-state index in [0.29, 0.717) is 5.69 Å². The van der Waals surface area contributed by atoms with Gasteiger partial charge in [0, 0.05) is 5.69 Å². The molecule has 0 saturated heterocycles.